The number of piperidine rings is 2. The third-order valence-electron chi connectivity index (χ3n) is 6.64. The van der Waals surface area contributed by atoms with Gasteiger partial charge in [0.2, 0.25) is 15.9 Å². The van der Waals surface area contributed by atoms with Crippen molar-refractivity contribution in [2.24, 2.45) is 11.8 Å². The molecule has 168 valence electrons. The Morgan fingerprint density at radius 1 is 1.06 bits per heavy atom. The Morgan fingerprint density at radius 3 is 2.52 bits per heavy atom. The summed E-state index contributed by atoms with van der Waals surface area (Å²) in [5, 5.41) is 3.87. The molecule has 0 bridgehead atoms. The maximum Gasteiger partial charge on any atom is 0.245 e. The Kier molecular flexibility index (Phi) is 6.89. The van der Waals surface area contributed by atoms with Crippen molar-refractivity contribution in [3.05, 3.63) is 36.5 Å². The van der Waals surface area contributed by atoms with E-state index in [2.05, 4.69) is 22.1 Å². The Balaban J connectivity index is 1.30. The highest BCUT2D eigenvalue weighted by molar-refractivity contribution is 7.89. The number of pyridine rings is 1. The molecule has 1 amide bonds. The first-order valence-corrected chi connectivity index (χ1v) is 12.7. The number of nitrogens with one attached hydrogen (secondary N) is 1. The molecule has 0 saturated carbocycles. The molecule has 0 spiro atoms. The van der Waals surface area contributed by atoms with E-state index in [1.165, 1.54) is 17.1 Å². The third-order valence-corrected chi connectivity index (χ3v) is 8.57. The molecule has 2 aliphatic rings. The minimum absolute atomic E-state index is 0.0502. The second-order valence-electron chi connectivity index (χ2n) is 8.82. The van der Waals surface area contributed by atoms with Crippen molar-refractivity contribution in [3.8, 4) is 0 Å². The molecule has 31 heavy (non-hydrogen) atoms. The Bertz CT molecular complexity index is 1010. The van der Waals surface area contributed by atoms with Crippen LogP contribution in [0.5, 0.6) is 0 Å². The zero-order valence-corrected chi connectivity index (χ0v) is 19.0. The number of carbonyl (C=O) groups is 1. The fourth-order valence-corrected chi connectivity index (χ4v) is 6.18. The second-order valence-corrected chi connectivity index (χ2v) is 10.7. The average molecular weight is 445 g/mol. The van der Waals surface area contributed by atoms with E-state index in [0.29, 0.717) is 38.0 Å². The maximum absolute atomic E-state index is 13.2. The van der Waals surface area contributed by atoms with Crippen LogP contribution in [-0.2, 0) is 14.8 Å². The number of carbonyl (C=O) groups excluding carboxylic acids is 1. The summed E-state index contributed by atoms with van der Waals surface area (Å²) >= 11 is 0. The Hall–Kier alpha value is -2.03. The van der Waals surface area contributed by atoms with Gasteiger partial charge in [0.25, 0.3) is 0 Å². The molecule has 3 heterocycles. The van der Waals surface area contributed by atoms with E-state index in [9.17, 15) is 13.2 Å². The molecule has 0 aliphatic carbocycles. The lowest BCUT2D eigenvalue weighted by atomic mass is 9.97. The van der Waals surface area contributed by atoms with Crippen LogP contribution in [0.1, 0.15) is 32.6 Å². The van der Waals surface area contributed by atoms with Crippen LogP contribution >= 0.6 is 0 Å². The van der Waals surface area contributed by atoms with E-state index in [1.807, 2.05) is 12.1 Å². The van der Waals surface area contributed by atoms with E-state index < -0.39 is 10.0 Å². The molecule has 0 radical (unpaired) electrons. The van der Waals surface area contributed by atoms with Gasteiger partial charge in [-0.3, -0.25) is 9.78 Å². The van der Waals surface area contributed by atoms with Gasteiger partial charge < -0.3 is 10.2 Å². The predicted octanol–water partition coefficient (Wildman–Crippen LogP) is 2.48. The SMILES string of the molecule is CC1CCN(CCNC(=O)C2CCN(S(=O)(=O)c3cccc4cccnc34)CC2)CC1. The minimum atomic E-state index is -3.64. The number of fused-ring (bicyclic) bond motifs is 1. The van der Waals surface area contributed by atoms with Gasteiger partial charge in [0.15, 0.2) is 0 Å². The van der Waals surface area contributed by atoms with Gasteiger partial charge in [-0.25, -0.2) is 8.42 Å². The minimum Gasteiger partial charge on any atom is -0.355 e. The topological polar surface area (TPSA) is 82.6 Å². The van der Waals surface area contributed by atoms with Crippen LogP contribution in [-0.4, -0.2) is 67.8 Å². The van der Waals surface area contributed by atoms with Gasteiger partial charge in [0.05, 0.1) is 5.52 Å². The van der Waals surface area contributed by atoms with Crippen LogP contribution in [0.25, 0.3) is 10.9 Å². The maximum atomic E-state index is 13.2. The van der Waals surface area contributed by atoms with Crippen molar-refractivity contribution in [3.63, 3.8) is 0 Å². The number of sulfonamides is 1. The average Bonchev–Trinajstić information content (AvgIpc) is 2.80. The van der Waals surface area contributed by atoms with Crippen molar-refractivity contribution in [2.75, 3.05) is 39.3 Å². The van der Waals surface area contributed by atoms with Gasteiger partial charge in [-0.2, -0.15) is 4.31 Å². The fraction of sp³-hybridized carbons (Fsp3) is 0.565. The molecule has 8 heteroatoms. The van der Waals surface area contributed by atoms with E-state index in [0.717, 1.165) is 30.9 Å². The molecule has 1 aromatic carbocycles. The molecule has 1 aromatic heterocycles. The highest BCUT2D eigenvalue weighted by atomic mass is 32.2. The summed E-state index contributed by atoms with van der Waals surface area (Å²) in [5.74, 6) is 0.727. The quantitative estimate of drug-likeness (QED) is 0.740. The number of amides is 1. The van der Waals surface area contributed by atoms with Crippen molar-refractivity contribution in [2.45, 2.75) is 37.5 Å². The molecule has 7 nitrogen and oxygen atoms in total. The zero-order valence-electron chi connectivity index (χ0n) is 18.2. The van der Waals surface area contributed by atoms with Gasteiger partial charge in [0, 0.05) is 43.7 Å². The highest BCUT2D eigenvalue weighted by Crippen LogP contribution is 2.28. The number of nitrogens with zero attached hydrogens (tertiary/aromatic N) is 3. The first-order chi connectivity index (χ1) is 14.9. The molecule has 2 saturated heterocycles. The monoisotopic (exact) mass is 444 g/mol. The predicted molar refractivity (Wildman–Crippen MR) is 121 cm³/mol. The first kappa shape index (κ1) is 22.2. The smallest absolute Gasteiger partial charge is 0.245 e. The van der Waals surface area contributed by atoms with Gasteiger partial charge in [-0.15, -0.1) is 0 Å². The molecule has 2 fully saturated rings. The summed E-state index contributed by atoms with van der Waals surface area (Å²) in [6, 6.07) is 8.89. The Morgan fingerprint density at radius 2 is 1.77 bits per heavy atom. The van der Waals surface area contributed by atoms with Gasteiger partial charge in [0.1, 0.15) is 4.90 Å². The number of rotatable bonds is 6. The number of hydrogen-bond acceptors (Lipinski definition) is 5. The van der Waals surface area contributed by atoms with Crippen LogP contribution in [0.2, 0.25) is 0 Å². The largest absolute Gasteiger partial charge is 0.355 e. The molecule has 1 N–H and O–H groups in total. The van der Waals surface area contributed by atoms with Crippen LogP contribution < -0.4 is 5.32 Å². The standard InChI is InChI=1S/C23H32N4O3S/c1-18-7-13-26(14-8-18)17-12-25-23(28)20-9-15-27(16-10-20)31(29,30)21-6-2-4-19-5-3-11-24-22(19)21/h2-6,11,18,20H,7-10,12-17H2,1H3,(H,25,28). The van der Waals surface area contributed by atoms with Crippen LogP contribution in [0.15, 0.2) is 41.4 Å². The number of aromatic nitrogens is 1. The third kappa shape index (κ3) is 5.07. The summed E-state index contributed by atoms with van der Waals surface area (Å²) < 4.78 is 28.0. The lowest BCUT2D eigenvalue weighted by molar-refractivity contribution is -0.126. The van der Waals surface area contributed by atoms with Crippen molar-refractivity contribution in [1.82, 2.24) is 19.5 Å². The molecule has 0 atom stereocenters. The van der Waals surface area contributed by atoms with Crippen molar-refractivity contribution in [1.29, 1.82) is 0 Å². The van der Waals surface area contributed by atoms with Gasteiger partial charge >= 0.3 is 0 Å². The lowest BCUT2D eigenvalue weighted by Crippen LogP contribution is -2.45. The van der Waals surface area contributed by atoms with Crippen molar-refractivity contribution < 1.29 is 13.2 Å². The zero-order chi connectivity index (χ0) is 21.8. The molecular formula is C23H32N4O3S. The summed E-state index contributed by atoms with van der Waals surface area (Å²) in [7, 11) is -3.64. The lowest BCUT2D eigenvalue weighted by Gasteiger charge is -2.32. The molecular weight excluding hydrogens is 412 g/mol. The van der Waals surface area contributed by atoms with E-state index in [4.69, 9.17) is 0 Å². The summed E-state index contributed by atoms with van der Waals surface area (Å²) in [6.07, 6.45) is 5.16. The number of para-hydroxylation sites is 1. The van der Waals surface area contributed by atoms with E-state index >= 15 is 0 Å². The van der Waals surface area contributed by atoms with Gasteiger partial charge in [-0.05, 0) is 56.8 Å². The summed E-state index contributed by atoms with van der Waals surface area (Å²) in [4.78, 5) is 19.5. The molecule has 0 unspecified atom stereocenters. The normalized spacial score (nSPS) is 20.2. The van der Waals surface area contributed by atoms with Crippen LogP contribution in [0.4, 0.5) is 0 Å². The molecule has 2 aromatic rings. The first-order valence-electron chi connectivity index (χ1n) is 11.3. The Labute approximate surface area is 184 Å². The van der Waals surface area contributed by atoms with E-state index in [-0.39, 0.29) is 16.7 Å². The van der Waals surface area contributed by atoms with Crippen LogP contribution in [0.3, 0.4) is 0 Å². The number of likely N-dealkylation sites (tertiary alicyclic amines) is 1. The highest BCUT2D eigenvalue weighted by Gasteiger charge is 2.33. The summed E-state index contributed by atoms with van der Waals surface area (Å²) in [6.45, 7) is 6.77. The number of hydrogen-bond donors (Lipinski definition) is 1. The van der Waals surface area contributed by atoms with E-state index in [1.54, 1.807) is 24.4 Å². The summed E-state index contributed by atoms with van der Waals surface area (Å²) in [5.41, 5.74) is 0.497. The van der Waals surface area contributed by atoms with Crippen LogP contribution in [0, 0.1) is 11.8 Å². The second kappa shape index (κ2) is 9.63. The molecule has 2 aliphatic heterocycles. The molecule has 4 rings (SSSR count). The van der Waals surface area contributed by atoms with Gasteiger partial charge in [-0.1, -0.05) is 25.1 Å². The fourth-order valence-electron chi connectivity index (χ4n) is 4.55. The number of benzene rings is 1. The van der Waals surface area contributed by atoms with Crippen molar-refractivity contribution >= 4 is 26.8 Å².